The van der Waals surface area contributed by atoms with Crippen molar-refractivity contribution < 1.29 is 18.0 Å². The van der Waals surface area contributed by atoms with Crippen molar-refractivity contribution >= 4 is 39.1 Å². The van der Waals surface area contributed by atoms with Crippen LogP contribution in [0.5, 0.6) is 0 Å². The third-order valence-electron chi connectivity index (χ3n) is 6.79. The molecule has 0 aromatic heterocycles. The van der Waals surface area contributed by atoms with Crippen molar-refractivity contribution in [2.75, 3.05) is 10.8 Å². The molecule has 1 saturated carbocycles. The standard InChI is InChI=1S/C29H32ClN3O4S/c1-22(29(35)31-25-10-8-9-11-25)32(20-23-16-18-24(30)19-17-23)28(34)21-33(26-12-4-2-5-13-26)38(36,37)27-14-6-3-7-15-27/h2-7,12-19,22,25H,8-11,20-21H2,1H3,(H,31,35)/t22-/m1/s1. The summed E-state index contributed by atoms with van der Waals surface area (Å²) in [6.45, 7) is 1.34. The molecule has 1 N–H and O–H groups in total. The Labute approximate surface area is 229 Å². The Kier molecular flexibility index (Phi) is 9.07. The Balaban J connectivity index is 1.65. The van der Waals surface area contributed by atoms with E-state index in [1.54, 1.807) is 79.7 Å². The summed E-state index contributed by atoms with van der Waals surface area (Å²) >= 11 is 6.05. The lowest BCUT2D eigenvalue weighted by Crippen LogP contribution is -2.52. The predicted octanol–water partition coefficient (Wildman–Crippen LogP) is 5.01. The average Bonchev–Trinajstić information content (AvgIpc) is 3.45. The lowest BCUT2D eigenvalue weighted by molar-refractivity contribution is -0.139. The van der Waals surface area contributed by atoms with Crippen molar-refractivity contribution in [3.8, 4) is 0 Å². The lowest BCUT2D eigenvalue weighted by Gasteiger charge is -2.32. The number of nitrogens with one attached hydrogen (secondary N) is 1. The molecule has 0 saturated heterocycles. The van der Waals surface area contributed by atoms with Gasteiger partial charge in [-0.2, -0.15) is 0 Å². The highest BCUT2D eigenvalue weighted by Gasteiger charge is 2.33. The highest BCUT2D eigenvalue weighted by atomic mass is 35.5. The van der Waals surface area contributed by atoms with Crippen molar-refractivity contribution in [2.45, 2.75) is 56.1 Å². The summed E-state index contributed by atoms with van der Waals surface area (Å²) in [5.74, 6) is -0.742. The Bertz CT molecular complexity index is 1330. The van der Waals surface area contributed by atoms with Gasteiger partial charge < -0.3 is 10.2 Å². The molecular formula is C29H32ClN3O4S. The molecule has 38 heavy (non-hydrogen) atoms. The number of halogens is 1. The number of hydrogen-bond acceptors (Lipinski definition) is 4. The van der Waals surface area contributed by atoms with Crippen LogP contribution in [0.3, 0.4) is 0 Å². The van der Waals surface area contributed by atoms with Gasteiger partial charge in [-0.25, -0.2) is 8.42 Å². The van der Waals surface area contributed by atoms with Crippen LogP contribution in [0, 0.1) is 0 Å². The Morgan fingerprint density at radius 2 is 1.50 bits per heavy atom. The molecular weight excluding hydrogens is 522 g/mol. The van der Waals surface area contributed by atoms with E-state index >= 15 is 0 Å². The fourth-order valence-corrected chi connectivity index (χ4v) is 6.16. The first kappa shape index (κ1) is 27.7. The van der Waals surface area contributed by atoms with Gasteiger partial charge in [0.25, 0.3) is 10.0 Å². The minimum atomic E-state index is -4.06. The summed E-state index contributed by atoms with van der Waals surface area (Å²) < 4.78 is 28.5. The zero-order valence-corrected chi connectivity index (χ0v) is 22.9. The number of carbonyl (C=O) groups is 2. The molecule has 4 rings (SSSR count). The molecule has 2 amide bonds. The van der Waals surface area contributed by atoms with E-state index in [2.05, 4.69) is 5.32 Å². The van der Waals surface area contributed by atoms with Crippen LogP contribution in [0.25, 0.3) is 0 Å². The van der Waals surface area contributed by atoms with Gasteiger partial charge in [-0.1, -0.05) is 73.0 Å². The topological polar surface area (TPSA) is 86.8 Å². The van der Waals surface area contributed by atoms with Crippen molar-refractivity contribution in [2.24, 2.45) is 0 Å². The van der Waals surface area contributed by atoms with Gasteiger partial charge in [0.05, 0.1) is 10.6 Å². The molecule has 1 fully saturated rings. The number of nitrogens with zero attached hydrogens (tertiary/aromatic N) is 2. The number of rotatable bonds is 10. The fraction of sp³-hybridized carbons (Fsp3) is 0.310. The number of benzene rings is 3. The second kappa shape index (κ2) is 12.5. The molecule has 200 valence electrons. The lowest BCUT2D eigenvalue weighted by atomic mass is 10.1. The van der Waals surface area contributed by atoms with Crippen LogP contribution in [0.1, 0.15) is 38.2 Å². The monoisotopic (exact) mass is 553 g/mol. The number of carbonyl (C=O) groups excluding carboxylic acids is 2. The predicted molar refractivity (Wildman–Crippen MR) is 149 cm³/mol. The van der Waals surface area contributed by atoms with Gasteiger partial charge in [0.2, 0.25) is 11.8 Å². The average molecular weight is 554 g/mol. The molecule has 3 aromatic rings. The smallest absolute Gasteiger partial charge is 0.264 e. The van der Waals surface area contributed by atoms with Gasteiger partial charge >= 0.3 is 0 Å². The van der Waals surface area contributed by atoms with Crippen LogP contribution in [-0.2, 0) is 26.2 Å². The van der Waals surface area contributed by atoms with E-state index in [1.807, 2.05) is 0 Å². The molecule has 0 radical (unpaired) electrons. The summed E-state index contributed by atoms with van der Waals surface area (Å²) in [6.07, 6.45) is 3.97. The number of amides is 2. The molecule has 0 unspecified atom stereocenters. The van der Waals surface area contributed by atoms with E-state index in [1.165, 1.54) is 17.0 Å². The molecule has 9 heteroatoms. The number of para-hydroxylation sites is 1. The third-order valence-corrected chi connectivity index (χ3v) is 8.83. The summed E-state index contributed by atoms with van der Waals surface area (Å²) in [5, 5.41) is 3.62. The van der Waals surface area contributed by atoms with Crippen molar-refractivity contribution in [1.82, 2.24) is 10.2 Å². The van der Waals surface area contributed by atoms with Crippen LogP contribution < -0.4 is 9.62 Å². The summed E-state index contributed by atoms with van der Waals surface area (Å²) in [7, 11) is -4.06. The summed E-state index contributed by atoms with van der Waals surface area (Å²) in [5.41, 5.74) is 1.14. The number of sulfonamides is 1. The quantitative estimate of drug-likeness (QED) is 0.382. The fourth-order valence-electron chi connectivity index (χ4n) is 4.60. The van der Waals surface area contributed by atoms with Gasteiger partial charge in [0.15, 0.2) is 0 Å². The highest BCUT2D eigenvalue weighted by molar-refractivity contribution is 7.92. The van der Waals surface area contributed by atoms with Gasteiger partial charge in [-0.15, -0.1) is 0 Å². The van der Waals surface area contributed by atoms with Gasteiger partial charge in [0.1, 0.15) is 12.6 Å². The van der Waals surface area contributed by atoms with E-state index in [-0.39, 0.29) is 23.4 Å². The van der Waals surface area contributed by atoms with E-state index in [4.69, 9.17) is 11.6 Å². The van der Waals surface area contributed by atoms with Crippen molar-refractivity contribution in [3.05, 3.63) is 95.5 Å². The molecule has 1 atom stereocenters. The van der Waals surface area contributed by atoms with E-state index in [0.29, 0.717) is 10.7 Å². The highest BCUT2D eigenvalue weighted by Crippen LogP contribution is 2.25. The maximum atomic E-state index is 13.9. The summed E-state index contributed by atoms with van der Waals surface area (Å²) in [6, 6.07) is 22.8. The molecule has 1 aliphatic carbocycles. The Morgan fingerprint density at radius 1 is 0.921 bits per heavy atom. The second-order valence-corrected chi connectivity index (χ2v) is 11.8. The largest absolute Gasteiger partial charge is 0.352 e. The van der Waals surface area contributed by atoms with Crippen LogP contribution in [0.4, 0.5) is 5.69 Å². The van der Waals surface area contributed by atoms with Gasteiger partial charge in [-0.05, 0) is 61.7 Å². The maximum absolute atomic E-state index is 13.9. The molecule has 0 heterocycles. The molecule has 0 spiro atoms. The Morgan fingerprint density at radius 3 is 2.11 bits per heavy atom. The van der Waals surface area contributed by atoms with Crippen LogP contribution in [-0.4, -0.2) is 43.8 Å². The first-order valence-corrected chi connectivity index (χ1v) is 14.5. The second-order valence-electron chi connectivity index (χ2n) is 9.47. The van der Waals surface area contributed by atoms with E-state index in [0.717, 1.165) is 35.6 Å². The molecule has 3 aromatic carbocycles. The minimum absolute atomic E-state index is 0.0768. The molecule has 1 aliphatic rings. The van der Waals surface area contributed by atoms with Crippen molar-refractivity contribution in [3.63, 3.8) is 0 Å². The van der Waals surface area contributed by atoms with Crippen molar-refractivity contribution in [1.29, 1.82) is 0 Å². The zero-order chi connectivity index (χ0) is 27.1. The summed E-state index contributed by atoms with van der Waals surface area (Å²) in [4.78, 5) is 28.6. The SMILES string of the molecule is C[C@H](C(=O)NC1CCCC1)N(Cc1ccc(Cl)cc1)C(=O)CN(c1ccccc1)S(=O)(=O)c1ccccc1. The maximum Gasteiger partial charge on any atom is 0.264 e. The Hall–Kier alpha value is -3.36. The first-order chi connectivity index (χ1) is 18.3. The zero-order valence-electron chi connectivity index (χ0n) is 21.3. The molecule has 0 bridgehead atoms. The van der Waals surface area contributed by atoms with Crippen LogP contribution in [0.15, 0.2) is 89.8 Å². The number of anilines is 1. The minimum Gasteiger partial charge on any atom is -0.352 e. The third kappa shape index (κ3) is 6.74. The van der Waals surface area contributed by atoms with Crippen LogP contribution >= 0.6 is 11.6 Å². The van der Waals surface area contributed by atoms with Gasteiger partial charge in [-0.3, -0.25) is 13.9 Å². The van der Waals surface area contributed by atoms with E-state index < -0.39 is 28.5 Å². The normalized spacial score (nSPS) is 14.6. The van der Waals surface area contributed by atoms with Gasteiger partial charge in [0, 0.05) is 17.6 Å². The first-order valence-electron chi connectivity index (χ1n) is 12.7. The molecule has 7 nitrogen and oxygen atoms in total. The molecule has 0 aliphatic heterocycles. The van der Waals surface area contributed by atoms with E-state index in [9.17, 15) is 18.0 Å². The number of hydrogen-bond donors (Lipinski definition) is 1. The van der Waals surface area contributed by atoms with Crippen LogP contribution in [0.2, 0.25) is 5.02 Å².